The molecule has 1 aromatic carbocycles. The molecule has 0 bridgehead atoms. The summed E-state index contributed by atoms with van der Waals surface area (Å²) >= 11 is 0. The molecule has 1 heterocycles. The molecule has 0 aliphatic heterocycles. The van der Waals surface area contributed by atoms with E-state index < -0.39 is 22.0 Å². The first-order valence-electron chi connectivity index (χ1n) is 7.69. The van der Waals surface area contributed by atoms with Crippen molar-refractivity contribution in [2.45, 2.75) is 25.7 Å². The average Bonchev–Trinajstić information content (AvgIpc) is 3.02. The van der Waals surface area contributed by atoms with Crippen LogP contribution in [0.25, 0.3) is 0 Å². The van der Waals surface area contributed by atoms with Crippen LogP contribution >= 0.6 is 0 Å². The summed E-state index contributed by atoms with van der Waals surface area (Å²) in [6.45, 7) is 5.25. The van der Waals surface area contributed by atoms with Crippen molar-refractivity contribution in [1.29, 1.82) is 0 Å². The number of hydrogen-bond donors (Lipinski definition) is 0. The van der Waals surface area contributed by atoms with Crippen LogP contribution in [0, 0.1) is 6.92 Å². The maximum Gasteiger partial charge on any atom is 0.340 e. The molecule has 2 rings (SSSR count). The molecular formula is C17H19NO6S. The number of rotatable bonds is 6. The highest BCUT2D eigenvalue weighted by atomic mass is 32.2. The van der Waals surface area contributed by atoms with Crippen LogP contribution in [-0.4, -0.2) is 37.5 Å². The van der Waals surface area contributed by atoms with Crippen LogP contribution in [0.4, 0.5) is 0 Å². The van der Waals surface area contributed by atoms with Gasteiger partial charge in [0, 0.05) is 12.4 Å². The quantitative estimate of drug-likeness (QED) is 0.730. The molecule has 0 fully saturated rings. The van der Waals surface area contributed by atoms with Crippen molar-refractivity contribution in [2.75, 3.05) is 13.2 Å². The highest BCUT2D eigenvalue weighted by Gasteiger charge is 2.26. The molecule has 0 aliphatic rings. The number of ether oxygens (including phenoxy) is 2. The van der Waals surface area contributed by atoms with E-state index in [9.17, 15) is 18.0 Å². The maximum absolute atomic E-state index is 12.7. The van der Waals surface area contributed by atoms with E-state index in [2.05, 4.69) is 0 Å². The molecule has 0 spiro atoms. The van der Waals surface area contributed by atoms with E-state index in [-0.39, 0.29) is 29.2 Å². The van der Waals surface area contributed by atoms with Gasteiger partial charge >= 0.3 is 11.9 Å². The Bertz CT molecular complexity index is 845. The number of benzene rings is 1. The zero-order valence-electron chi connectivity index (χ0n) is 14.2. The van der Waals surface area contributed by atoms with Crippen molar-refractivity contribution in [1.82, 2.24) is 3.97 Å². The molecular weight excluding hydrogens is 346 g/mol. The van der Waals surface area contributed by atoms with Gasteiger partial charge in [0.05, 0.1) is 29.2 Å². The lowest BCUT2D eigenvalue weighted by molar-refractivity contribution is 0.0480. The first-order chi connectivity index (χ1) is 11.8. The number of aryl methyl sites for hydroxylation is 1. The second-order valence-corrected chi connectivity index (χ2v) is 7.02. The molecule has 7 nitrogen and oxygen atoms in total. The Balaban J connectivity index is 2.54. The monoisotopic (exact) mass is 365 g/mol. The topological polar surface area (TPSA) is 91.7 Å². The smallest absolute Gasteiger partial charge is 0.340 e. The summed E-state index contributed by atoms with van der Waals surface area (Å²) in [7, 11) is -3.95. The van der Waals surface area contributed by atoms with Gasteiger partial charge in [-0.25, -0.2) is 22.0 Å². The standard InChI is InChI=1S/C17H19NO6S/c1-4-23-16(19)14-10-18(11-15(14)17(20)24-5-2)25(21,22)13-8-6-12(3)7-9-13/h6-11H,4-5H2,1-3H3. The summed E-state index contributed by atoms with van der Waals surface area (Å²) in [5.74, 6) is -1.58. The van der Waals surface area contributed by atoms with E-state index >= 15 is 0 Å². The lowest BCUT2D eigenvalue weighted by atomic mass is 10.2. The molecule has 2 aromatic rings. The zero-order valence-corrected chi connectivity index (χ0v) is 15.0. The van der Waals surface area contributed by atoms with E-state index in [1.165, 1.54) is 12.1 Å². The Morgan fingerprint density at radius 1 is 0.920 bits per heavy atom. The first-order valence-corrected chi connectivity index (χ1v) is 9.13. The summed E-state index contributed by atoms with van der Waals surface area (Å²) < 4.78 is 36.1. The lowest BCUT2D eigenvalue weighted by Crippen LogP contribution is -2.11. The number of carbonyl (C=O) groups is 2. The Kier molecular flexibility index (Phi) is 5.63. The number of aromatic nitrogens is 1. The highest BCUT2D eigenvalue weighted by molar-refractivity contribution is 7.90. The third-order valence-electron chi connectivity index (χ3n) is 3.39. The summed E-state index contributed by atoms with van der Waals surface area (Å²) in [6.07, 6.45) is 2.14. The Labute approximate surface area is 146 Å². The Morgan fingerprint density at radius 3 is 1.76 bits per heavy atom. The van der Waals surface area contributed by atoms with Gasteiger partial charge in [-0.2, -0.15) is 0 Å². The second kappa shape index (κ2) is 7.52. The molecule has 0 N–H and O–H groups in total. The van der Waals surface area contributed by atoms with Gasteiger partial charge in [-0.15, -0.1) is 0 Å². The molecule has 0 saturated heterocycles. The van der Waals surface area contributed by atoms with Crippen molar-refractivity contribution in [3.63, 3.8) is 0 Å². The van der Waals surface area contributed by atoms with E-state index in [0.29, 0.717) is 0 Å². The predicted molar refractivity (Wildman–Crippen MR) is 90.1 cm³/mol. The third-order valence-corrected chi connectivity index (χ3v) is 5.02. The fraction of sp³-hybridized carbons (Fsp3) is 0.294. The summed E-state index contributed by atoms with van der Waals surface area (Å²) in [5, 5.41) is 0. The molecule has 25 heavy (non-hydrogen) atoms. The van der Waals surface area contributed by atoms with Crippen LogP contribution < -0.4 is 0 Å². The summed E-state index contributed by atoms with van der Waals surface area (Å²) in [4.78, 5) is 24.2. The Hall–Kier alpha value is -2.61. The van der Waals surface area contributed by atoms with Crippen LogP contribution in [0.1, 0.15) is 40.1 Å². The summed E-state index contributed by atoms with van der Waals surface area (Å²) in [6, 6.07) is 6.24. The predicted octanol–water partition coefficient (Wildman–Crippen LogP) is 2.39. The highest BCUT2D eigenvalue weighted by Crippen LogP contribution is 2.20. The van der Waals surface area contributed by atoms with Crippen LogP contribution in [0.15, 0.2) is 41.6 Å². The number of carbonyl (C=O) groups excluding carboxylic acids is 2. The van der Waals surface area contributed by atoms with Gasteiger partial charge < -0.3 is 9.47 Å². The molecule has 0 radical (unpaired) electrons. The third kappa shape index (κ3) is 3.90. The fourth-order valence-electron chi connectivity index (χ4n) is 2.14. The fourth-order valence-corrected chi connectivity index (χ4v) is 3.36. The molecule has 134 valence electrons. The molecule has 8 heteroatoms. The summed E-state index contributed by atoms with van der Waals surface area (Å²) in [5.41, 5.74) is 0.595. The van der Waals surface area contributed by atoms with Crippen LogP contribution in [0.5, 0.6) is 0 Å². The van der Waals surface area contributed by atoms with Gasteiger partial charge in [0.25, 0.3) is 10.0 Å². The minimum atomic E-state index is -3.95. The largest absolute Gasteiger partial charge is 0.462 e. The van der Waals surface area contributed by atoms with Crippen molar-refractivity contribution < 1.29 is 27.5 Å². The van der Waals surface area contributed by atoms with Gasteiger partial charge in [0.1, 0.15) is 0 Å². The molecule has 0 unspecified atom stereocenters. The Morgan fingerprint density at radius 2 is 1.36 bits per heavy atom. The second-order valence-electron chi connectivity index (χ2n) is 5.17. The lowest BCUT2D eigenvalue weighted by Gasteiger charge is -2.05. The van der Waals surface area contributed by atoms with Crippen LogP contribution in [0.3, 0.4) is 0 Å². The minimum Gasteiger partial charge on any atom is -0.462 e. The van der Waals surface area contributed by atoms with E-state index in [1.54, 1.807) is 26.0 Å². The van der Waals surface area contributed by atoms with Crippen molar-refractivity contribution in [3.05, 3.63) is 53.3 Å². The molecule has 0 atom stereocenters. The van der Waals surface area contributed by atoms with Crippen molar-refractivity contribution in [3.8, 4) is 0 Å². The van der Waals surface area contributed by atoms with Crippen molar-refractivity contribution in [2.24, 2.45) is 0 Å². The minimum absolute atomic E-state index is 0.0407. The first kappa shape index (κ1) is 18.7. The number of hydrogen-bond acceptors (Lipinski definition) is 6. The van der Waals surface area contributed by atoms with Gasteiger partial charge in [-0.05, 0) is 32.9 Å². The van der Waals surface area contributed by atoms with Crippen LogP contribution in [0.2, 0.25) is 0 Å². The molecule has 1 aromatic heterocycles. The molecule has 0 amide bonds. The molecule has 0 saturated carbocycles. The number of nitrogens with zero attached hydrogens (tertiary/aromatic N) is 1. The number of esters is 2. The average molecular weight is 365 g/mol. The van der Waals surface area contributed by atoms with Gasteiger partial charge in [0.15, 0.2) is 0 Å². The zero-order chi connectivity index (χ0) is 18.6. The normalized spacial score (nSPS) is 11.2. The van der Waals surface area contributed by atoms with Gasteiger partial charge in [0.2, 0.25) is 0 Å². The maximum atomic E-state index is 12.7. The SMILES string of the molecule is CCOC(=O)c1cn(S(=O)(=O)c2ccc(C)cc2)cc1C(=O)OCC. The van der Waals surface area contributed by atoms with E-state index in [0.717, 1.165) is 21.9 Å². The van der Waals surface area contributed by atoms with Crippen LogP contribution in [-0.2, 0) is 19.5 Å². The molecule has 0 aliphatic carbocycles. The van der Waals surface area contributed by atoms with Gasteiger partial charge in [-0.3, -0.25) is 0 Å². The van der Waals surface area contributed by atoms with E-state index in [4.69, 9.17) is 9.47 Å². The van der Waals surface area contributed by atoms with Gasteiger partial charge in [-0.1, -0.05) is 17.7 Å². The van der Waals surface area contributed by atoms with Crippen molar-refractivity contribution >= 4 is 22.0 Å². The van der Waals surface area contributed by atoms with E-state index in [1.807, 2.05) is 6.92 Å².